The van der Waals surface area contributed by atoms with Crippen molar-refractivity contribution in [1.29, 1.82) is 0 Å². The molecule has 2 aliphatic heterocycles. The largest absolute Gasteiger partial charge is 0.381 e. The molecule has 0 amide bonds. The third kappa shape index (κ3) is 3.24. The number of likely N-dealkylation sites (tertiary alicyclic amines) is 1. The van der Waals surface area contributed by atoms with Gasteiger partial charge in [0.05, 0.1) is 6.61 Å². The molecule has 100 valence electrons. The molecule has 2 saturated heterocycles. The van der Waals surface area contributed by atoms with Crippen LogP contribution in [0.25, 0.3) is 0 Å². The highest BCUT2D eigenvalue weighted by Crippen LogP contribution is 2.38. The van der Waals surface area contributed by atoms with Gasteiger partial charge in [0, 0.05) is 45.8 Å². The van der Waals surface area contributed by atoms with Crippen LogP contribution in [-0.4, -0.2) is 62.7 Å². The highest BCUT2D eigenvalue weighted by Gasteiger charge is 2.42. The Morgan fingerprint density at radius 2 is 2.18 bits per heavy atom. The van der Waals surface area contributed by atoms with Crippen LogP contribution in [0.4, 0.5) is 0 Å². The number of halogens is 1. The summed E-state index contributed by atoms with van der Waals surface area (Å²) >= 11 is 0. The highest BCUT2D eigenvalue weighted by molar-refractivity contribution is 14.0. The monoisotopic (exact) mass is 353 g/mol. The lowest BCUT2D eigenvalue weighted by Crippen LogP contribution is -2.40. The summed E-state index contributed by atoms with van der Waals surface area (Å²) < 4.78 is 5.55. The van der Waals surface area contributed by atoms with Gasteiger partial charge in [-0.1, -0.05) is 0 Å². The van der Waals surface area contributed by atoms with Crippen molar-refractivity contribution in [2.75, 3.05) is 46.9 Å². The molecule has 0 N–H and O–H groups in total. The van der Waals surface area contributed by atoms with Gasteiger partial charge in [0.2, 0.25) is 0 Å². The van der Waals surface area contributed by atoms with E-state index in [2.05, 4.69) is 35.8 Å². The molecule has 1 spiro atoms. The van der Waals surface area contributed by atoms with Gasteiger partial charge in [-0.25, -0.2) is 0 Å². The third-order valence-electron chi connectivity index (χ3n) is 3.61. The molecule has 0 radical (unpaired) electrons. The molecule has 0 saturated carbocycles. The van der Waals surface area contributed by atoms with Crippen molar-refractivity contribution in [2.45, 2.75) is 19.8 Å². The summed E-state index contributed by atoms with van der Waals surface area (Å²) in [6.45, 7) is 7.07. The molecule has 1 atom stereocenters. The van der Waals surface area contributed by atoms with Crippen molar-refractivity contribution in [2.24, 2.45) is 10.4 Å². The molecule has 0 aromatic heterocycles. The lowest BCUT2D eigenvalue weighted by Gasteiger charge is -2.28. The minimum Gasteiger partial charge on any atom is -0.381 e. The zero-order valence-corrected chi connectivity index (χ0v) is 13.4. The Kier molecular flexibility index (Phi) is 5.50. The molecule has 0 aromatic rings. The second kappa shape index (κ2) is 6.22. The van der Waals surface area contributed by atoms with Gasteiger partial charge in [0.1, 0.15) is 0 Å². The Morgan fingerprint density at radius 3 is 2.71 bits per heavy atom. The summed E-state index contributed by atoms with van der Waals surface area (Å²) in [5.41, 5.74) is 0.421. The van der Waals surface area contributed by atoms with E-state index in [9.17, 15) is 0 Å². The topological polar surface area (TPSA) is 28.1 Å². The van der Waals surface area contributed by atoms with Crippen LogP contribution < -0.4 is 0 Å². The number of rotatable bonds is 1. The number of nitrogens with zero attached hydrogens (tertiary/aromatic N) is 3. The summed E-state index contributed by atoms with van der Waals surface area (Å²) in [5, 5.41) is 0. The average molecular weight is 353 g/mol. The highest BCUT2D eigenvalue weighted by atomic mass is 127. The summed E-state index contributed by atoms with van der Waals surface area (Å²) in [6, 6.07) is 0. The van der Waals surface area contributed by atoms with E-state index in [0.29, 0.717) is 5.41 Å². The van der Waals surface area contributed by atoms with E-state index in [-0.39, 0.29) is 24.0 Å². The van der Waals surface area contributed by atoms with Crippen molar-refractivity contribution < 1.29 is 4.74 Å². The van der Waals surface area contributed by atoms with E-state index < -0.39 is 0 Å². The predicted octanol–water partition coefficient (Wildman–Crippen LogP) is 1.65. The maximum Gasteiger partial charge on any atom is 0.196 e. The summed E-state index contributed by atoms with van der Waals surface area (Å²) in [6.07, 6.45) is 2.47. The van der Waals surface area contributed by atoms with Crippen molar-refractivity contribution in [3.05, 3.63) is 0 Å². The predicted molar refractivity (Wildman–Crippen MR) is 81.1 cm³/mol. The number of hydrogen-bond acceptors (Lipinski definition) is 2. The Balaban J connectivity index is 0.00000144. The van der Waals surface area contributed by atoms with Crippen molar-refractivity contribution in [3.8, 4) is 0 Å². The molecule has 0 bridgehead atoms. The first-order valence-electron chi connectivity index (χ1n) is 6.21. The molecule has 2 heterocycles. The van der Waals surface area contributed by atoms with E-state index in [4.69, 9.17) is 4.74 Å². The number of aliphatic imine (C=N–C) groups is 1. The average Bonchev–Trinajstić information content (AvgIpc) is 2.86. The molecule has 2 rings (SSSR count). The Morgan fingerprint density at radius 1 is 1.41 bits per heavy atom. The van der Waals surface area contributed by atoms with Crippen molar-refractivity contribution in [3.63, 3.8) is 0 Å². The maximum absolute atomic E-state index is 5.55. The summed E-state index contributed by atoms with van der Waals surface area (Å²) in [5.74, 6) is 1.13. The first-order valence-corrected chi connectivity index (χ1v) is 6.21. The molecule has 17 heavy (non-hydrogen) atoms. The van der Waals surface area contributed by atoms with Gasteiger partial charge in [-0.05, 0) is 19.8 Å². The minimum atomic E-state index is 0. The van der Waals surface area contributed by atoms with Crippen LogP contribution in [0.1, 0.15) is 19.8 Å². The lowest BCUT2D eigenvalue weighted by molar-refractivity contribution is 0.156. The van der Waals surface area contributed by atoms with Crippen LogP contribution in [0.3, 0.4) is 0 Å². The molecular formula is C12H24IN3O. The second-order valence-electron chi connectivity index (χ2n) is 5.14. The van der Waals surface area contributed by atoms with Gasteiger partial charge in [0.15, 0.2) is 5.96 Å². The minimum absolute atomic E-state index is 0. The van der Waals surface area contributed by atoms with Crippen LogP contribution >= 0.6 is 24.0 Å². The zero-order chi connectivity index (χ0) is 11.6. The molecule has 5 heteroatoms. The number of hydrogen-bond donors (Lipinski definition) is 0. The Labute approximate surface area is 121 Å². The quantitative estimate of drug-likeness (QED) is 0.408. The van der Waals surface area contributed by atoms with Gasteiger partial charge in [-0.3, -0.25) is 4.99 Å². The fourth-order valence-electron chi connectivity index (χ4n) is 2.74. The van der Waals surface area contributed by atoms with Crippen LogP contribution in [0.2, 0.25) is 0 Å². The van der Waals surface area contributed by atoms with Crippen LogP contribution in [0.15, 0.2) is 4.99 Å². The van der Waals surface area contributed by atoms with E-state index in [1.165, 1.54) is 12.8 Å². The van der Waals surface area contributed by atoms with Crippen molar-refractivity contribution in [1.82, 2.24) is 9.80 Å². The van der Waals surface area contributed by atoms with Crippen LogP contribution in [0.5, 0.6) is 0 Å². The molecule has 0 aromatic carbocycles. The normalized spacial score (nSPS) is 28.6. The van der Waals surface area contributed by atoms with E-state index >= 15 is 0 Å². The summed E-state index contributed by atoms with van der Waals surface area (Å²) in [4.78, 5) is 9.13. The molecule has 0 aliphatic carbocycles. The molecule has 1 unspecified atom stereocenters. The third-order valence-corrected chi connectivity index (χ3v) is 3.61. The van der Waals surface area contributed by atoms with E-state index in [1.807, 2.05) is 0 Å². The van der Waals surface area contributed by atoms with Gasteiger partial charge < -0.3 is 14.5 Å². The maximum atomic E-state index is 5.55. The Bertz CT molecular complexity index is 275. The SMILES string of the molecule is CCN=C(N(C)C)N1CCC2(CCOC2)C1.I. The van der Waals surface area contributed by atoms with Crippen LogP contribution in [0, 0.1) is 5.41 Å². The standard InChI is InChI=1S/C12H23N3O.HI/c1-4-13-11(14(2)3)15-7-5-12(9-15)6-8-16-10-12;/h4-10H2,1-3H3;1H. The first-order chi connectivity index (χ1) is 7.67. The molecule has 4 nitrogen and oxygen atoms in total. The van der Waals surface area contributed by atoms with Crippen molar-refractivity contribution >= 4 is 29.9 Å². The molecule has 2 fully saturated rings. The van der Waals surface area contributed by atoms with E-state index in [1.54, 1.807) is 0 Å². The lowest BCUT2D eigenvalue weighted by atomic mass is 9.87. The van der Waals surface area contributed by atoms with Gasteiger partial charge in [0.25, 0.3) is 0 Å². The van der Waals surface area contributed by atoms with Gasteiger partial charge in [-0.2, -0.15) is 0 Å². The first kappa shape index (κ1) is 15.0. The second-order valence-corrected chi connectivity index (χ2v) is 5.14. The molecule has 2 aliphatic rings. The van der Waals surface area contributed by atoms with Gasteiger partial charge in [-0.15, -0.1) is 24.0 Å². The fraction of sp³-hybridized carbons (Fsp3) is 0.917. The van der Waals surface area contributed by atoms with Gasteiger partial charge >= 0.3 is 0 Å². The summed E-state index contributed by atoms with van der Waals surface area (Å²) in [7, 11) is 4.15. The Hall–Kier alpha value is -0.0400. The fourth-order valence-corrected chi connectivity index (χ4v) is 2.74. The van der Waals surface area contributed by atoms with E-state index in [0.717, 1.165) is 38.8 Å². The molecular weight excluding hydrogens is 329 g/mol. The number of guanidine groups is 1. The van der Waals surface area contributed by atoms with Crippen LogP contribution in [-0.2, 0) is 4.74 Å². The smallest absolute Gasteiger partial charge is 0.196 e. The number of ether oxygens (including phenoxy) is 1. The zero-order valence-electron chi connectivity index (χ0n) is 11.1.